The minimum atomic E-state index is -3.75. The monoisotopic (exact) mass is 653 g/mol. The van der Waals surface area contributed by atoms with Crippen LogP contribution in [0, 0.1) is 11.3 Å². The number of hydrogen-bond donors (Lipinski definition) is 0. The van der Waals surface area contributed by atoms with Gasteiger partial charge < -0.3 is 14.5 Å². The molecule has 2 aliphatic carbocycles. The summed E-state index contributed by atoms with van der Waals surface area (Å²) in [6, 6.07) is 7.11. The van der Waals surface area contributed by atoms with Crippen molar-refractivity contribution in [2.24, 2.45) is 11.3 Å². The van der Waals surface area contributed by atoms with Gasteiger partial charge in [-0.05, 0) is 100 Å². The van der Waals surface area contributed by atoms with Crippen molar-refractivity contribution in [3.05, 3.63) is 24.3 Å². The molecule has 12 heteroatoms. The first-order valence-electron chi connectivity index (χ1n) is 16.8. The standard InChI is InChI=1S/C32H55N5O5S2/c1-33(2)29-11-13-31(14-12-29)43(38,39)36-21-7-19-34(25-28-9-5-4-6-10-28)20-8-22-37(27-32(26-36)17-18-32)44(40,41)35-23-15-30(42-3)16-24-35/h11-14,28,30H,4-10,15-27H2,1-3H3. The normalized spacial score (nSPS) is 25.0. The zero-order chi connectivity index (χ0) is 31.4. The summed E-state index contributed by atoms with van der Waals surface area (Å²) in [4.78, 5) is 4.74. The first-order valence-corrected chi connectivity index (χ1v) is 19.6. The topological polar surface area (TPSA) is 93.7 Å². The van der Waals surface area contributed by atoms with Crippen molar-refractivity contribution in [2.45, 2.75) is 81.6 Å². The number of piperidine rings is 1. The number of hydrogen-bond acceptors (Lipinski definition) is 7. The van der Waals surface area contributed by atoms with Gasteiger partial charge in [-0.25, -0.2) is 8.42 Å². The molecule has 0 amide bonds. The van der Waals surface area contributed by atoms with Crippen LogP contribution in [-0.2, 0) is 25.0 Å². The van der Waals surface area contributed by atoms with E-state index in [9.17, 15) is 16.8 Å². The lowest BCUT2D eigenvalue weighted by Crippen LogP contribution is -2.51. The molecule has 0 aromatic heterocycles. The van der Waals surface area contributed by atoms with Gasteiger partial charge in [-0.1, -0.05) is 19.3 Å². The summed E-state index contributed by atoms with van der Waals surface area (Å²) in [5, 5.41) is 0. The van der Waals surface area contributed by atoms with Crippen LogP contribution in [-0.4, -0.2) is 121 Å². The third-order valence-corrected chi connectivity index (χ3v) is 14.2. The number of benzene rings is 1. The maximum atomic E-state index is 14.1. The molecule has 1 spiro atoms. The van der Waals surface area contributed by atoms with Crippen LogP contribution in [0.15, 0.2) is 29.2 Å². The predicted molar refractivity (Wildman–Crippen MR) is 176 cm³/mol. The number of sulfonamides is 1. The maximum Gasteiger partial charge on any atom is 0.281 e. The number of anilines is 1. The Hall–Kier alpha value is -1.28. The molecular formula is C32H55N5O5S2. The second kappa shape index (κ2) is 14.6. The Kier molecular flexibility index (Phi) is 11.3. The first-order chi connectivity index (χ1) is 21.0. The maximum absolute atomic E-state index is 14.1. The van der Waals surface area contributed by atoms with Gasteiger partial charge in [-0.15, -0.1) is 0 Å². The SMILES string of the molecule is COC1CCN(S(=O)(=O)N2CCCN(CC3CCCCC3)CCCN(S(=O)(=O)c3ccc(N(C)C)cc3)CC3(CC3)C2)CC1. The van der Waals surface area contributed by atoms with Crippen molar-refractivity contribution in [1.29, 1.82) is 0 Å². The minimum Gasteiger partial charge on any atom is -0.381 e. The Labute approximate surface area is 266 Å². The van der Waals surface area contributed by atoms with Gasteiger partial charge >= 0.3 is 0 Å². The van der Waals surface area contributed by atoms with E-state index in [0.29, 0.717) is 62.9 Å². The highest BCUT2D eigenvalue weighted by Gasteiger charge is 2.49. The first kappa shape index (κ1) is 34.1. The van der Waals surface area contributed by atoms with Gasteiger partial charge in [0, 0.05) is 72.7 Å². The highest BCUT2D eigenvalue weighted by Crippen LogP contribution is 2.48. The summed E-state index contributed by atoms with van der Waals surface area (Å²) in [6.07, 6.45) is 11.1. The summed E-state index contributed by atoms with van der Waals surface area (Å²) >= 11 is 0. The zero-order valence-electron chi connectivity index (χ0n) is 27.2. The highest BCUT2D eigenvalue weighted by molar-refractivity contribution is 7.89. The average Bonchev–Trinajstić information content (AvgIpc) is 3.79. The van der Waals surface area contributed by atoms with E-state index >= 15 is 0 Å². The largest absolute Gasteiger partial charge is 0.381 e. The van der Waals surface area contributed by atoms with Crippen LogP contribution < -0.4 is 4.90 Å². The summed E-state index contributed by atoms with van der Waals surface area (Å²) in [7, 11) is -1.85. The molecule has 250 valence electrons. The molecule has 0 N–H and O–H groups in total. The van der Waals surface area contributed by atoms with E-state index in [4.69, 9.17) is 4.74 Å². The van der Waals surface area contributed by atoms with E-state index in [-0.39, 0.29) is 11.5 Å². The number of ether oxygens (including phenoxy) is 1. The molecule has 2 heterocycles. The van der Waals surface area contributed by atoms with Crippen LogP contribution in [0.4, 0.5) is 5.69 Å². The molecule has 44 heavy (non-hydrogen) atoms. The summed E-state index contributed by atoms with van der Waals surface area (Å²) in [6.45, 7) is 5.22. The van der Waals surface area contributed by atoms with Crippen molar-refractivity contribution in [3.8, 4) is 0 Å². The second-order valence-electron chi connectivity index (χ2n) is 13.9. The lowest BCUT2D eigenvalue weighted by atomic mass is 9.89. The third kappa shape index (κ3) is 8.35. The summed E-state index contributed by atoms with van der Waals surface area (Å²) in [5.74, 6) is 0.670. The number of nitrogens with zero attached hydrogens (tertiary/aromatic N) is 5. The smallest absolute Gasteiger partial charge is 0.281 e. The molecule has 5 rings (SSSR count). The molecule has 2 saturated carbocycles. The Morgan fingerprint density at radius 1 is 0.750 bits per heavy atom. The Morgan fingerprint density at radius 2 is 1.34 bits per heavy atom. The third-order valence-electron chi connectivity index (χ3n) is 10.4. The molecule has 0 bridgehead atoms. The molecule has 0 radical (unpaired) electrons. The molecule has 0 unspecified atom stereocenters. The van der Waals surface area contributed by atoms with E-state index in [1.165, 1.54) is 32.1 Å². The van der Waals surface area contributed by atoms with Gasteiger partial charge in [0.2, 0.25) is 10.0 Å². The van der Waals surface area contributed by atoms with Crippen molar-refractivity contribution in [1.82, 2.24) is 17.8 Å². The number of methoxy groups -OCH3 is 1. The second-order valence-corrected chi connectivity index (χ2v) is 17.8. The predicted octanol–water partition coefficient (Wildman–Crippen LogP) is 3.86. The zero-order valence-corrected chi connectivity index (χ0v) is 28.8. The summed E-state index contributed by atoms with van der Waals surface area (Å²) in [5.41, 5.74) is 0.597. The van der Waals surface area contributed by atoms with E-state index in [1.54, 1.807) is 32.2 Å². The molecule has 1 aromatic rings. The number of rotatable bonds is 8. The van der Waals surface area contributed by atoms with Crippen LogP contribution in [0.1, 0.15) is 70.6 Å². The van der Waals surface area contributed by atoms with Gasteiger partial charge in [0.05, 0.1) is 11.0 Å². The fraction of sp³-hybridized carbons (Fsp3) is 0.812. The van der Waals surface area contributed by atoms with Crippen molar-refractivity contribution >= 4 is 25.9 Å². The van der Waals surface area contributed by atoms with Crippen molar-refractivity contribution in [2.75, 3.05) is 85.0 Å². The van der Waals surface area contributed by atoms with Gasteiger partial charge in [0.15, 0.2) is 0 Å². The van der Waals surface area contributed by atoms with Gasteiger partial charge in [-0.3, -0.25) is 0 Å². The van der Waals surface area contributed by atoms with Gasteiger partial charge in [-0.2, -0.15) is 21.3 Å². The molecule has 4 aliphatic rings. The van der Waals surface area contributed by atoms with Crippen LogP contribution in [0.5, 0.6) is 0 Å². The molecule has 10 nitrogen and oxygen atoms in total. The lowest BCUT2D eigenvalue weighted by molar-refractivity contribution is 0.0587. The van der Waals surface area contributed by atoms with Crippen LogP contribution in [0.2, 0.25) is 0 Å². The minimum absolute atomic E-state index is 0.0986. The van der Waals surface area contributed by atoms with E-state index in [2.05, 4.69) is 4.90 Å². The van der Waals surface area contributed by atoms with Gasteiger partial charge in [0.25, 0.3) is 10.2 Å². The molecular weight excluding hydrogens is 599 g/mol. The Balaban J connectivity index is 1.39. The Bertz CT molecular complexity index is 1270. The molecule has 0 atom stereocenters. The molecule has 4 fully saturated rings. The van der Waals surface area contributed by atoms with Gasteiger partial charge in [0.1, 0.15) is 0 Å². The highest BCUT2D eigenvalue weighted by atomic mass is 32.2. The average molecular weight is 654 g/mol. The Morgan fingerprint density at radius 3 is 1.91 bits per heavy atom. The van der Waals surface area contributed by atoms with Crippen LogP contribution in [0.25, 0.3) is 0 Å². The van der Waals surface area contributed by atoms with E-state index < -0.39 is 20.2 Å². The van der Waals surface area contributed by atoms with Crippen LogP contribution in [0.3, 0.4) is 0 Å². The lowest BCUT2D eigenvalue weighted by Gasteiger charge is -2.38. The summed E-state index contributed by atoms with van der Waals surface area (Å²) < 4.78 is 67.0. The molecule has 2 saturated heterocycles. The van der Waals surface area contributed by atoms with E-state index in [1.807, 2.05) is 31.1 Å². The molecule has 1 aromatic carbocycles. The van der Waals surface area contributed by atoms with E-state index in [0.717, 1.165) is 51.0 Å². The van der Waals surface area contributed by atoms with Crippen molar-refractivity contribution < 1.29 is 21.6 Å². The fourth-order valence-corrected chi connectivity index (χ4v) is 10.7. The quantitative estimate of drug-likeness (QED) is 0.421. The van der Waals surface area contributed by atoms with Crippen molar-refractivity contribution in [3.63, 3.8) is 0 Å². The molecule has 2 aliphatic heterocycles. The van der Waals surface area contributed by atoms with Crippen LogP contribution >= 0.6 is 0 Å². The fourth-order valence-electron chi connectivity index (χ4n) is 7.35.